The normalized spacial score (nSPS) is 12.7. The van der Waals surface area contributed by atoms with Gasteiger partial charge in [-0.25, -0.2) is 14.6 Å². The van der Waals surface area contributed by atoms with Gasteiger partial charge in [0.1, 0.15) is 18.0 Å². The van der Waals surface area contributed by atoms with Gasteiger partial charge in [0.05, 0.1) is 12.6 Å². The van der Waals surface area contributed by atoms with Gasteiger partial charge in [-0.05, 0) is 25.0 Å². The zero-order valence-corrected chi connectivity index (χ0v) is 14.1. The monoisotopic (exact) mass is 309 g/mol. The maximum atomic E-state index is 4.50. The molecular formula is C18H23N5. The number of aryl methyl sites for hydroxylation is 1. The predicted octanol–water partition coefficient (Wildman–Crippen LogP) is 3.56. The summed E-state index contributed by atoms with van der Waals surface area (Å²) >= 11 is 0. The molecule has 0 fully saturated rings. The van der Waals surface area contributed by atoms with Crippen molar-refractivity contribution in [2.45, 2.75) is 46.2 Å². The Morgan fingerprint density at radius 3 is 2.57 bits per heavy atom. The first-order chi connectivity index (χ1) is 11.1. The zero-order valence-electron chi connectivity index (χ0n) is 14.1. The van der Waals surface area contributed by atoms with Crippen LogP contribution in [0.25, 0.3) is 0 Å². The van der Waals surface area contributed by atoms with Crippen LogP contribution in [-0.2, 0) is 6.54 Å². The van der Waals surface area contributed by atoms with E-state index in [4.69, 9.17) is 0 Å². The summed E-state index contributed by atoms with van der Waals surface area (Å²) in [6.07, 6.45) is 5.51. The molecule has 0 aliphatic heterocycles. The van der Waals surface area contributed by atoms with Gasteiger partial charge in [-0.15, -0.1) is 0 Å². The Labute approximate surface area is 137 Å². The lowest BCUT2D eigenvalue weighted by Crippen LogP contribution is -2.17. The Morgan fingerprint density at radius 1 is 1.04 bits per heavy atom. The molecule has 2 aromatic heterocycles. The molecule has 0 aliphatic carbocycles. The van der Waals surface area contributed by atoms with Gasteiger partial charge in [-0.2, -0.15) is 5.10 Å². The van der Waals surface area contributed by atoms with Crippen molar-refractivity contribution < 1.29 is 0 Å². The first-order valence-corrected chi connectivity index (χ1v) is 8.03. The van der Waals surface area contributed by atoms with Crippen LogP contribution in [0, 0.1) is 6.92 Å². The summed E-state index contributed by atoms with van der Waals surface area (Å²) in [4.78, 5) is 8.98. The maximum Gasteiger partial charge on any atom is 0.150 e. The minimum absolute atomic E-state index is 0.0985. The Kier molecular flexibility index (Phi) is 4.28. The summed E-state index contributed by atoms with van der Waals surface area (Å²) in [5.41, 5.74) is 2.54. The summed E-state index contributed by atoms with van der Waals surface area (Å²) in [5.74, 6) is 2.40. The quantitative estimate of drug-likeness (QED) is 0.724. The second-order valence-corrected chi connectivity index (χ2v) is 6.23. The highest BCUT2D eigenvalue weighted by Gasteiger charge is 2.19. The standard InChI is InChI=1S/C18H23N5/c1-13(2)17-19-9-10-22(17)15(4)18-20-12-21-23(18)11-16-8-6-5-7-14(16)3/h5-10,12-13,15H,11H2,1-4H3. The fourth-order valence-corrected chi connectivity index (χ4v) is 2.89. The molecule has 1 aromatic carbocycles. The molecule has 0 radical (unpaired) electrons. The molecule has 120 valence electrons. The van der Waals surface area contributed by atoms with Crippen LogP contribution in [0.5, 0.6) is 0 Å². The largest absolute Gasteiger partial charge is 0.324 e. The Morgan fingerprint density at radius 2 is 1.83 bits per heavy atom. The highest BCUT2D eigenvalue weighted by Crippen LogP contribution is 2.22. The SMILES string of the molecule is Cc1ccccc1Cn1ncnc1C(C)n1ccnc1C(C)C. The van der Waals surface area contributed by atoms with Crippen molar-refractivity contribution in [2.24, 2.45) is 0 Å². The molecule has 0 N–H and O–H groups in total. The van der Waals surface area contributed by atoms with Gasteiger partial charge in [-0.3, -0.25) is 0 Å². The third kappa shape index (κ3) is 3.04. The maximum absolute atomic E-state index is 4.50. The van der Waals surface area contributed by atoms with E-state index in [1.54, 1.807) is 6.33 Å². The second kappa shape index (κ2) is 6.36. The second-order valence-electron chi connectivity index (χ2n) is 6.23. The molecular weight excluding hydrogens is 286 g/mol. The van der Waals surface area contributed by atoms with Gasteiger partial charge < -0.3 is 4.57 Å². The van der Waals surface area contributed by atoms with Crippen LogP contribution in [0.3, 0.4) is 0 Å². The minimum atomic E-state index is 0.0985. The first-order valence-electron chi connectivity index (χ1n) is 8.03. The number of aromatic nitrogens is 5. The Hall–Kier alpha value is -2.43. The highest BCUT2D eigenvalue weighted by molar-refractivity contribution is 5.25. The molecule has 0 bridgehead atoms. The number of benzene rings is 1. The molecule has 0 saturated carbocycles. The van der Waals surface area contributed by atoms with E-state index in [1.165, 1.54) is 11.1 Å². The lowest BCUT2D eigenvalue weighted by atomic mass is 10.1. The molecule has 5 heteroatoms. The average molecular weight is 309 g/mol. The van der Waals surface area contributed by atoms with Crippen molar-refractivity contribution in [3.05, 3.63) is 65.8 Å². The summed E-state index contributed by atoms with van der Waals surface area (Å²) < 4.78 is 4.17. The van der Waals surface area contributed by atoms with Gasteiger partial charge >= 0.3 is 0 Å². The molecule has 3 aromatic rings. The van der Waals surface area contributed by atoms with Crippen molar-refractivity contribution >= 4 is 0 Å². The third-order valence-corrected chi connectivity index (χ3v) is 4.23. The van der Waals surface area contributed by atoms with Gasteiger partial charge in [0.15, 0.2) is 0 Å². The molecule has 5 nitrogen and oxygen atoms in total. The van der Waals surface area contributed by atoms with Crippen LogP contribution in [0.2, 0.25) is 0 Å². The van der Waals surface area contributed by atoms with Crippen LogP contribution in [0.1, 0.15) is 55.5 Å². The summed E-state index contributed by atoms with van der Waals surface area (Å²) in [6.45, 7) is 9.32. The molecule has 3 rings (SSSR count). The summed E-state index contributed by atoms with van der Waals surface area (Å²) in [7, 11) is 0. The highest BCUT2D eigenvalue weighted by atomic mass is 15.3. The van der Waals surface area contributed by atoms with E-state index in [-0.39, 0.29) is 6.04 Å². The fourth-order valence-electron chi connectivity index (χ4n) is 2.89. The van der Waals surface area contributed by atoms with Gasteiger partial charge in [0, 0.05) is 18.3 Å². The van der Waals surface area contributed by atoms with E-state index in [0.717, 1.165) is 18.2 Å². The number of hydrogen-bond acceptors (Lipinski definition) is 3. The topological polar surface area (TPSA) is 48.5 Å². The van der Waals surface area contributed by atoms with E-state index in [1.807, 2.05) is 17.1 Å². The van der Waals surface area contributed by atoms with Crippen molar-refractivity contribution in [1.29, 1.82) is 0 Å². The van der Waals surface area contributed by atoms with E-state index in [9.17, 15) is 0 Å². The minimum Gasteiger partial charge on any atom is -0.324 e. The van der Waals surface area contributed by atoms with Gasteiger partial charge in [0.2, 0.25) is 0 Å². The van der Waals surface area contributed by atoms with E-state index >= 15 is 0 Å². The Bertz CT molecular complexity index is 784. The van der Waals surface area contributed by atoms with Crippen molar-refractivity contribution in [2.75, 3.05) is 0 Å². The first kappa shape index (κ1) is 15.5. The molecule has 23 heavy (non-hydrogen) atoms. The zero-order chi connectivity index (χ0) is 16.4. The molecule has 0 amide bonds. The smallest absolute Gasteiger partial charge is 0.150 e. The predicted molar refractivity (Wildman–Crippen MR) is 90.4 cm³/mol. The lowest BCUT2D eigenvalue weighted by Gasteiger charge is -2.18. The van der Waals surface area contributed by atoms with Crippen molar-refractivity contribution in [1.82, 2.24) is 24.3 Å². The van der Waals surface area contributed by atoms with E-state index in [0.29, 0.717) is 5.92 Å². The van der Waals surface area contributed by atoms with Crippen molar-refractivity contribution in [3.63, 3.8) is 0 Å². The number of hydrogen-bond donors (Lipinski definition) is 0. The van der Waals surface area contributed by atoms with Crippen LogP contribution < -0.4 is 0 Å². The molecule has 0 saturated heterocycles. The number of imidazole rings is 1. The molecule has 0 aliphatic rings. The third-order valence-electron chi connectivity index (χ3n) is 4.23. The molecule has 0 spiro atoms. The number of rotatable bonds is 5. The van der Waals surface area contributed by atoms with Crippen LogP contribution in [0.15, 0.2) is 43.0 Å². The van der Waals surface area contributed by atoms with Gasteiger partial charge in [0.25, 0.3) is 0 Å². The van der Waals surface area contributed by atoms with E-state index in [2.05, 4.69) is 71.6 Å². The molecule has 1 unspecified atom stereocenters. The summed E-state index contributed by atoms with van der Waals surface area (Å²) in [5, 5.41) is 4.43. The molecule has 2 heterocycles. The van der Waals surface area contributed by atoms with Gasteiger partial charge in [-0.1, -0.05) is 38.1 Å². The molecule has 1 atom stereocenters. The summed E-state index contributed by atoms with van der Waals surface area (Å²) in [6, 6.07) is 8.49. The van der Waals surface area contributed by atoms with E-state index < -0.39 is 0 Å². The van der Waals surface area contributed by atoms with Crippen LogP contribution >= 0.6 is 0 Å². The fraction of sp³-hybridized carbons (Fsp3) is 0.389. The van der Waals surface area contributed by atoms with Crippen molar-refractivity contribution in [3.8, 4) is 0 Å². The van der Waals surface area contributed by atoms with Crippen LogP contribution in [-0.4, -0.2) is 24.3 Å². The lowest BCUT2D eigenvalue weighted by molar-refractivity contribution is 0.510. The van der Waals surface area contributed by atoms with Crippen LogP contribution in [0.4, 0.5) is 0 Å². The Balaban J connectivity index is 1.91. The number of nitrogens with zero attached hydrogens (tertiary/aromatic N) is 5. The average Bonchev–Trinajstić information content (AvgIpc) is 3.18.